The van der Waals surface area contributed by atoms with Crippen molar-refractivity contribution in [3.63, 3.8) is 0 Å². The third kappa shape index (κ3) is 5.71. The van der Waals surface area contributed by atoms with E-state index in [-0.39, 0.29) is 12.5 Å². The number of carbonyl (C=O) groups excluding carboxylic acids is 1. The van der Waals surface area contributed by atoms with Crippen molar-refractivity contribution >= 4 is 33.2 Å². The van der Waals surface area contributed by atoms with Crippen molar-refractivity contribution < 1.29 is 4.79 Å². The van der Waals surface area contributed by atoms with Crippen LogP contribution in [-0.4, -0.2) is 12.5 Å². The Morgan fingerprint density at radius 3 is 2.47 bits per heavy atom. The van der Waals surface area contributed by atoms with Crippen LogP contribution in [0.1, 0.15) is 36.5 Å². The lowest BCUT2D eigenvalue weighted by atomic mass is 10.0. The maximum absolute atomic E-state index is 12.8. The summed E-state index contributed by atoms with van der Waals surface area (Å²) in [7, 11) is 0. The highest BCUT2D eigenvalue weighted by Crippen LogP contribution is 2.23. The summed E-state index contributed by atoms with van der Waals surface area (Å²) in [6, 6.07) is 25.4. The fourth-order valence-corrected chi connectivity index (χ4v) is 3.58. The van der Waals surface area contributed by atoms with Gasteiger partial charge in [-0.25, -0.2) is 0 Å². The summed E-state index contributed by atoms with van der Waals surface area (Å²) in [6.07, 6.45) is 0. The number of halogens is 1. The number of nitrogens with zero attached hydrogens (tertiary/aromatic N) is 2. The molecule has 3 aromatic carbocycles. The molecule has 4 nitrogen and oxygen atoms in total. The molecule has 0 bridgehead atoms. The maximum Gasteiger partial charge on any atom is 0.243 e. The van der Waals surface area contributed by atoms with Crippen LogP contribution in [0, 0.1) is 11.3 Å². The van der Waals surface area contributed by atoms with Gasteiger partial charge in [0.2, 0.25) is 5.91 Å². The summed E-state index contributed by atoms with van der Waals surface area (Å²) in [5, 5.41) is 12.2. The van der Waals surface area contributed by atoms with E-state index in [9.17, 15) is 10.1 Å². The Labute approximate surface area is 186 Å². The lowest BCUT2D eigenvalue weighted by molar-refractivity contribution is -0.115. The Kier molecular flexibility index (Phi) is 7.26. The largest absolute Gasteiger partial charge is 0.358 e. The molecule has 0 aromatic heterocycles. The molecule has 0 unspecified atom stereocenters. The zero-order valence-electron chi connectivity index (χ0n) is 17.1. The van der Waals surface area contributed by atoms with Crippen molar-refractivity contribution in [1.29, 1.82) is 5.26 Å². The first-order chi connectivity index (χ1) is 14.5. The maximum atomic E-state index is 12.8. The van der Waals surface area contributed by atoms with Crippen LogP contribution in [0.25, 0.3) is 0 Å². The molecule has 3 rings (SSSR count). The standard InChI is InChI=1S/C25H24BrN3O/c1-18(2)20-10-12-22(13-11-20)28-25(30)17-29(16-21-7-3-4-9-24(21)26)23-8-5-6-19(14-23)15-27/h3-14,18H,16-17H2,1-2H3,(H,28,30). The van der Waals surface area contributed by atoms with Gasteiger partial charge in [-0.1, -0.05) is 66.2 Å². The van der Waals surface area contributed by atoms with E-state index < -0.39 is 0 Å². The number of anilines is 2. The topological polar surface area (TPSA) is 56.1 Å². The van der Waals surface area contributed by atoms with Gasteiger partial charge in [-0.05, 0) is 53.4 Å². The predicted molar refractivity (Wildman–Crippen MR) is 126 cm³/mol. The minimum absolute atomic E-state index is 0.110. The molecule has 0 saturated carbocycles. The Morgan fingerprint density at radius 1 is 1.07 bits per heavy atom. The highest BCUT2D eigenvalue weighted by molar-refractivity contribution is 9.10. The summed E-state index contributed by atoms with van der Waals surface area (Å²) >= 11 is 3.58. The Bertz CT molecular complexity index is 1050. The van der Waals surface area contributed by atoms with E-state index in [4.69, 9.17) is 0 Å². The molecule has 152 valence electrons. The summed E-state index contributed by atoms with van der Waals surface area (Å²) in [4.78, 5) is 14.8. The van der Waals surface area contributed by atoms with Crippen molar-refractivity contribution in [1.82, 2.24) is 0 Å². The number of amides is 1. The SMILES string of the molecule is CC(C)c1ccc(NC(=O)CN(Cc2ccccc2Br)c2cccc(C#N)c2)cc1. The highest BCUT2D eigenvalue weighted by Gasteiger charge is 2.15. The van der Waals surface area contributed by atoms with Gasteiger partial charge in [0.05, 0.1) is 18.2 Å². The molecule has 30 heavy (non-hydrogen) atoms. The van der Waals surface area contributed by atoms with Crippen LogP contribution in [0.2, 0.25) is 0 Å². The zero-order chi connectivity index (χ0) is 21.5. The van der Waals surface area contributed by atoms with Gasteiger partial charge in [-0.15, -0.1) is 0 Å². The molecule has 0 aliphatic heterocycles. The summed E-state index contributed by atoms with van der Waals surface area (Å²) in [6.45, 7) is 4.99. The Hall–Kier alpha value is -3.10. The van der Waals surface area contributed by atoms with Crippen molar-refractivity contribution in [3.05, 3.63) is 94.0 Å². The van der Waals surface area contributed by atoms with Crippen LogP contribution in [-0.2, 0) is 11.3 Å². The first kappa shape index (κ1) is 21.6. The van der Waals surface area contributed by atoms with Crippen LogP contribution in [0.4, 0.5) is 11.4 Å². The molecule has 0 atom stereocenters. The lowest BCUT2D eigenvalue weighted by Gasteiger charge is -2.25. The number of nitrogens with one attached hydrogen (secondary N) is 1. The van der Waals surface area contributed by atoms with Crippen molar-refractivity contribution in [2.24, 2.45) is 0 Å². The smallest absolute Gasteiger partial charge is 0.243 e. The van der Waals surface area contributed by atoms with Crippen LogP contribution in [0.5, 0.6) is 0 Å². The van der Waals surface area contributed by atoms with Gasteiger partial charge < -0.3 is 10.2 Å². The number of nitriles is 1. The molecule has 3 aromatic rings. The van der Waals surface area contributed by atoms with Gasteiger partial charge in [-0.3, -0.25) is 4.79 Å². The van der Waals surface area contributed by atoms with Crippen molar-refractivity contribution in [3.8, 4) is 6.07 Å². The van der Waals surface area contributed by atoms with Gasteiger partial charge in [0.1, 0.15) is 0 Å². The summed E-state index contributed by atoms with van der Waals surface area (Å²) in [5.41, 5.74) is 4.46. The number of rotatable bonds is 7. The van der Waals surface area contributed by atoms with Crippen LogP contribution in [0.3, 0.4) is 0 Å². The molecule has 0 aliphatic carbocycles. The minimum Gasteiger partial charge on any atom is -0.358 e. The van der Waals surface area contributed by atoms with E-state index in [2.05, 4.69) is 41.2 Å². The van der Waals surface area contributed by atoms with E-state index in [1.54, 1.807) is 6.07 Å². The molecule has 5 heteroatoms. The van der Waals surface area contributed by atoms with E-state index in [0.717, 1.165) is 21.4 Å². The Balaban J connectivity index is 1.80. The van der Waals surface area contributed by atoms with Gasteiger partial charge in [0.15, 0.2) is 0 Å². The molecule has 0 spiro atoms. The zero-order valence-corrected chi connectivity index (χ0v) is 18.7. The second-order valence-corrected chi connectivity index (χ2v) is 8.29. The minimum atomic E-state index is -0.110. The average molecular weight is 462 g/mol. The molecular weight excluding hydrogens is 438 g/mol. The van der Waals surface area contributed by atoms with Crippen LogP contribution >= 0.6 is 15.9 Å². The van der Waals surface area contributed by atoms with Gasteiger partial charge in [-0.2, -0.15) is 5.26 Å². The fraction of sp³-hybridized carbons (Fsp3) is 0.200. The van der Waals surface area contributed by atoms with Gasteiger partial charge in [0.25, 0.3) is 0 Å². The highest BCUT2D eigenvalue weighted by atomic mass is 79.9. The van der Waals surface area contributed by atoms with Gasteiger partial charge >= 0.3 is 0 Å². The third-order valence-electron chi connectivity index (χ3n) is 4.86. The quantitative estimate of drug-likeness (QED) is 0.462. The normalized spacial score (nSPS) is 10.5. The first-order valence-corrected chi connectivity index (χ1v) is 10.6. The number of benzene rings is 3. The molecule has 0 saturated heterocycles. The molecule has 0 radical (unpaired) electrons. The number of hydrogen-bond donors (Lipinski definition) is 1. The fourth-order valence-electron chi connectivity index (χ4n) is 3.17. The monoisotopic (exact) mass is 461 g/mol. The van der Waals surface area contributed by atoms with E-state index >= 15 is 0 Å². The molecule has 1 amide bonds. The summed E-state index contributed by atoms with van der Waals surface area (Å²) < 4.78 is 0.983. The van der Waals surface area contributed by atoms with Gasteiger partial charge in [0, 0.05) is 22.4 Å². The third-order valence-corrected chi connectivity index (χ3v) is 5.63. The predicted octanol–water partition coefficient (Wildman–Crippen LogP) is 6.09. The molecular formula is C25H24BrN3O. The molecule has 0 heterocycles. The Morgan fingerprint density at radius 2 is 1.80 bits per heavy atom. The van der Waals surface area contributed by atoms with Crippen LogP contribution in [0.15, 0.2) is 77.3 Å². The molecule has 0 fully saturated rings. The molecule has 0 aliphatic rings. The molecule has 1 N–H and O–H groups in total. The first-order valence-electron chi connectivity index (χ1n) is 9.84. The number of hydrogen-bond acceptors (Lipinski definition) is 3. The van der Waals surface area contributed by atoms with E-state index in [0.29, 0.717) is 18.0 Å². The van der Waals surface area contributed by atoms with Crippen LogP contribution < -0.4 is 10.2 Å². The van der Waals surface area contributed by atoms with E-state index in [1.807, 2.05) is 71.6 Å². The second-order valence-electron chi connectivity index (χ2n) is 7.43. The number of carbonyl (C=O) groups is 1. The lowest BCUT2D eigenvalue weighted by Crippen LogP contribution is -2.33. The van der Waals surface area contributed by atoms with Crippen molar-refractivity contribution in [2.75, 3.05) is 16.8 Å². The average Bonchev–Trinajstić information content (AvgIpc) is 2.75. The van der Waals surface area contributed by atoms with Crippen molar-refractivity contribution in [2.45, 2.75) is 26.3 Å². The van der Waals surface area contributed by atoms with E-state index in [1.165, 1.54) is 5.56 Å². The summed E-state index contributed by atoms with van der Waals surface area (Å²) in [5.74, 6) is 0.337. The second kappa shape index (κ2) is 10.1.